The molecule has 0 aliphatic carbocycles. The Morgan fingerprint density at radius 2 is 2.37 bits per heavy atom. The van der Waals surface area contributed by atoms with E-state index in [1.54, 1.807) is 12.1 Å². The third-order valence-corrected chi connectivity index (χ3v) is 5.33. The van der Waals surface area contributed by atoms with Gasteiger partial charge >= 0.3 is 0 Å². The van der Waals surface area contributed by atoms with Crippen LogP contribution in [0.25, 0.3) is 11.0 Å². The molecule has 1 saturated heterocycles. The normalized spacial score (nSPS) is 18.0. The maximum atomic E-state index is 13.2. The molecule has 27 heavy (non-hydrogen) atoms. The molecule has 0 spiro atoms. The van der Waals surface area contributed by atoms with Gasteiger partial charge in [0.25, 0.3) is 0 Å². The van der Waals surface area contributed by atoms with Gasteiger partial charge in [-0.1, -0.05) is 31.4 Å². The van der Waals surface area contributed by atoms with Crippen LogP contribution in [0.3, 0.4) is 0 Å². The number of aromatic amines is 1. The summed E-state index contributed by atoms with van der Waals surface area (Å²) >= 11 is 6.04. The van der Waals surface area contributed by atoms with E-state index in [1.807, 2.05) is 11.0 Å². The number of carbonyl (C=O) groups excluding carboxylic acids is 2. The Morgan fingerprint density at radius 3 is 3.11 bits per heavy atom. The Bertz CT molecular complexity index is 809. The molecule has 7 nitrogen and oxygen atoms in total. The van der Waals surface area contributed by atoms with E-state index < -0.39 is 5.92 Å². The minimum absolute atomic E-state index is 0.0152. The van der Waals surface area contributed by atoms with Gasteiger partial charge in [0, 0.05) is 11.6 Å². The lowest BCUT2D eigenvalue weighted by molar-refractivity contribution is -0.157. The van der Waals surface area contributed by atoms with E-state index in [1.165, 1.54) is 0 Å². The van der Waals surface area contributed by atoms with Crippen LogP contribution in [0, 0.1) is 5.92 Å². The van der Waals surface area contributed by atoms with Crippen LogP contribution in [0.5, 0.6) is 0 Å². The van der Waals surface area contributed by atoms with Gasteiger partial charge in [0.2, 0.25) is 12.3 Å². The number of fused-ring (bicyclic) bond motifs is 1. The molecule has 1 aromatic carbocycles. The van der Waals surface area contributed by atoms with Crippen LogP contribution in [0.15, 0.2) is 18.2 Å². The van der Waals surface area contributed by atoms with Crippen molar-refractivity contribution in [1.82, 2.24) is 19.9 Å². The zero-order chi connectivity index (χ0) is 19.4. The molecule has 0 radical (unpaired) electrons. The summed E-state index contributed by atoms with van der Waals surface area (Å²) < 4.78 is 0. The van der Waals surface area contributed by atoms with E-state index in [4.69, 9.17) is 11.6 Å². The summed E-state index contributed by atoms with van der Waals surface area (Å²) in [6.45, 7) is 2.72. The molecular weight excluding hydrogens is 368 g/mol. The first-order chi connectivity index (χ1) is 13.0. The third-order valence-electron chi connectivity index (χ3n) is 5.10. The smallest absolute Gasteiger partial charge is 0.233 e. The number of nitrogens with one attached hydrogen (secondary N) is 1. The molecule has 1 fully saturated rings. The van der Waals surface area contributed by atoms with Crippen molar-refractivity contribution in [2.75, 3.05) is 13.1 Å². The number of hydroxylamine groups is 2. The van der Waals surface area contributed by atoms with Gasteiger partial charge in [-0.3, -0.25) is 14.8 Å². The van der Waals surface area contributed by atoms with E-state index in [2.05, 4.69) is 16.9 Å². The van der Waals surface area contributed by atoms with Crippen molar-refractivity contribution in [3.8, 4) is 0 Å². The first kappa shape index (κ1) is 19.6. The number of unbranched alkanes of at least 4 members (excludes halogenated alkanes) is 1. The SMILES string of the molecule is CCCCC(CN(O)C=O)C(=O)N1CCCC1c1nc2cc(Cl)ccc2[nH]1. The lowest BCUT2D eigenvalue weighted by Gasteiger charge is -2.29. The van der Waals surface area contributed by atoms with E-state index in [0.29, 0.717) is 29.5 Å². The minimum Gasteiger partial charge on any atom is -0.340 e. The first-order valence-corrected chi connectivity index (χ1v) is 9.77. The van der Waals surface area contributed by atoms with Crippen LogP contribution in [0.2, 0.25) is 5.02 Å². The number of likely N-dealkylation sites (tertiary alicyclic amines) is 1. The van der Waals surface area contributed by atoms with E-state index in [9.17, 15) is 14.8 Å². The second kappa shape index (κ2) is 8.71. The van der Waals surface area contributed by atoms with Gasteiger partial charge in [-0.15, -0.1) is 0 Å². The Morgan fingerprint density at radius 1 is 1.56 bits per heavy atom. The van der Waals surface area contributed by atoms with Gasteiger partial charge in [0.05, 0.1) is 29.5 Å². The second-order valence-electron chi connectivity index (χ2n) is 7.04. The number of imidazole rings is 1. The van der Waals surface area contributed by atoms with Gasteiger partial charge in [-0.05, 0) is 37.5 Å². The molecule has 8 heteroatoms. The van der Waals surface area contributed by atoms with E-state index in [0.717, 1.165) is 42.5 Å². The summed E-state index contributed by atoms with van der Waals surface area (Å²) in [6.07, 6.45) is 4.52. The van der Waals surface area contributed by atoms with Gasteiger partial charge in [-0.2, -0.15) is 0 Å². The van der Waals surface area contributed by atoms with Crippen LogP contribution in [0.1, 0.15) is 50.9 Å². The molecule has 2 heterocycles. The summed E-state index contributed by atoms with van der Waals surface area (Å²) in [6, 6.07) is 5.36. The maximum absolute atomic E-state index is 13.2. The summed E-state index contributed by atoms with van der Waals surface area (Å²) in [5.74, 6) is 0.300. The number of H-pyrrole nitrogens is 1. The minimum atomic E-state index is -0.417. The Kier molecular flexibility index (Phi) is 6.34. The average Bonchev–Trinajstić information content (AvgIpc) is 3.30. The Hall–Kier alpha value is -2.12. The first-order valence-electron chi connectivity index (χ1n) is 9.40. The van der Waals surface area contributed by atoms with E-state index >= 15 is 0 Å². The second-order valence-corrected chi connectivity index (χ2v) is 7.48. The number of aromatic nitrogens is 2. The summed E-state index contributed by atoms with van der Waals surface area (Å²) in [4.78, 5) is 33.7. The molecule has 0 bridgehead atoms. The lowest BCUT2D eigenvalue weighted by atomic mass is 9.99. The van der Waals surface area contributed by atoms with Gasteiger partial charge in [0.15, 0.2) is 0 Å². The highest BCUT2D eigenvalue weighted by Gasteiger charge is 2.35. The van der Waals surface area contributed by atoms with E-state index in [-0.39, 0.29) is 18.5 Å². The maximum Gasteiger partial charge on any atom is 0.233 e. The number of hydrogen-bond donors (Lipinski definition) is 2. The zero-order valence-corrected chi connectivity index (χ0v) is 16.2. The summed E-state index contributed by atoms with van der Waals surface area (Å²) in [7, 11) is 0. The van der Waals surface area contributed by atoms with Crippen LogP contribution in [-0.2, 0) is 9.59 Å². The highest BCUT2D eigenvalue weighted by molar-refractivity contribution is 6.31. The number of carbonyl (C=O) groups is 2. The fraction of sp³-hybridized carbons (Fsp3) is 0.526. The number of amides is 2. The lowest BCUT2D eigenvalue weighted by Crippen LogP contribution is -2.40. The highest BCUT2D eigenvalue weighted by atomic mass is 35.5. The number of rotatable bonds is 8. The zero-order valence-electron chi connectivity index (χ0n) is 15.4. The van der Waals surface area contributed by atoms with Crippen LogP contribution >= 0.6 is 11.6 Å². The Balaban J connectivity index is 1.81. The number of halogens is 1. The molecule has 2 N–H and O–H groups in total. The molecule has 1 aliphatic rings. The molecule has 1 aliphatic heterocycles. The predicted molar refractivity (Wildman–Crippen MR) is 102 cm³/mol. The number of hydrogen-bond acceptors (Lipinski definition) is 4. The quantitative estimate of drug-likeness (QED) is 0.408. The largest absolute Gasteiger partial charge is 0.340 e. The topological polar surface area (TPSA) is 89.5 Å². The molecule has 146 valence electrons. The highest BCUT2D eigenvalue weighted by Crippen LogP contribution is 2.33. The van der Waals surface area contributed by atoms with Crippen molar-refractivity contribution in [1.29, 1.82) is 0 Å². The summed E-state index contributed by atoms with van der Waals surface area (Å²) in [5.41, 5.74) is 1.67. The molecular formula is C19H25ClN4O3. The van der Waals surface area contributed by atoms with Crippen molar-refractivity contribution in [3.05, 3.63) is 29.0 Å². The number of benzene rings is 1. The molecule has 2 unspecified atom stereocenters. The van der Waals surface area contributed by atoms with Crippen molar-refractivity contribution < 1.29 is 14.8 Å². The molecule has 0 saturated carbocycles. The van der Waals surface area contributed by atoms with Crippen LogP contribution < -0.4 is 0 Å². The molecule has 2 atom stereocenters. The van der Waals surface area contributed by atoms with Gasteiger partial charge in [-0.25, -0.2) is 10.0 Å². The van der Waals surface area contributed by atoms with Crippen molar-refractivity contribution in [2.24, 2.45) is 5.92 Å². The molecule has 1 aromatic heterocycles. The van der Waals surface area contributed by atoms with Gasteiger partial charge in [0.1, 0.15) is 5.82 Å². The molecule has 3 rings (SSSR count). The standard InChI is InChI=1S/C19H25ClN4O3/c1-2-3-5-13(11-23(27)12-25)19(26)24-9-4-6-17(24)18-21-15-8-7-14(20)10-16(15)22-18/h7-8,10,12-13,17,27H,2-6,9,11H2,1H3,(H,21,22). The van der Waals surface area contributed by atoms with Gasteiger partial charge < -0.3 is 9.88 Å². The average molecular weight is 393 g/mol. The predicted octanol–water partition coefficient (Wildman–Crippen LogP) is 3.53. The fourth-order valence-electron chi connectivity index (χ4n) is 3.72. The molecule has 2 aromatic rings. The van der Waals surface area contributed by atoms with Crippen molar-refractivity contribution in [2.45, 2.75) is 45.1 Å². The molecule has 2 amide bonds. The summed E-state index contributed by atoms with van der Waals surface area (Å²) in [5, 5.41) is 10.8. The van der Waals surface area contributed by atoms with Crippen LogP contribution in [0.4, 0.5) is 0 Å². The number of nitrogens with zero attached hydrogens (tertiary/aromatic N) is 3. The van der Waals surface area contributed by atoms with Crippen molar-refractivity contribution >= 4 is 35.0 Å². The fourth-order valence-corrected chi connectivity index (χ4v) is 3.88. The third kappa shape index (κ3) is 4.42. The Labute approximate surface area is 163 Å². The van der Waals surface area contributed by atoms with Crippen LogP contribution in [-0.4, -0.2) is 50.5 Å². The van der Waals surface area contributed by atoms with Crippen molar-refractivity contribution in [3.63, 3.8) is 0 Å². The monoisotopic (exact) mass is 392 g/mol.